The highest BCUT2D eigenvalue weighted by Gasteiger charge is 2.43. The van der Waals surface area contributed by atoms with Gasteiger partial charge in [-0.3, -0.25) is 4.79 Å². The van der Waals surface area contributed by atoms with Gasteiger partial charge in [-0.15, -0.1) is 20.1 Å². The van der Waals surface area contributed by atoms with Crippen molar-refractivity contribution in [1.29, 1.82) is 0 Å². The number of halogens is 2. The van der Waals surface area contributed by atoms with Gasteiger partial charge in [0.15, 0.2) is 11.5 Å². The fourth-order valence-electron chi connectivity index (χ4n) is 2.83. The SMILES string of the molecule is CCOc1ccccc1-c1nc(CC(=O)Nc2ccc3c(c2)OC(F)(F)O3)cs1. The van der Waals surface area contributed by atoms with Crippen LogP contribution in [0.1, 0.15) is 12.6 Å². The van der Waals surface area contributed by atoms with Crippen molar-refractivity contribution in [3.8, 4) is 27.8 Å². The Morgan fingerprint density at radius 1 is 1.21 bits per heavy atom. The van der Waals surface area contributed by atoms with Gasteiger partial charge < -0.3 is 19.5 Å². The standard InChI is InChI=1S/C20H16F2N2O4S/c1-2-26-15-6-4-3-5-14(15)19-24-13(11-29-19)10-18(25)23-12-7-8-16-17(9-12)28-20(21,22)27-16/h3-9,11H,2,10H2,1H3,(H,23,25). The maximum atomic E-state index is 13.1. The number of rotatable bonds is 6. The number of alkyl halides is 2. The monoisotopic (exact) mass is 418 g/mol. The lowest BCUT2D eigenvalue weighted by Crippen LogP contribution is -2.25. The summed E-state index contributed by atoms with van der Waals surface area (Å²) >= 11 is 1.42. The van der Waals surface area contributed by atoms with E-state index >= 15 is 0 Å². The Hall–Kier alpha value is -3.20. The first-order valence-corrected chi connectivity index (χ1v) is 9.68. The molecular formula is C20H16F2N2O4S. The van der Waals surface area contributed by atoms with Crippen molar-refractivity contribution < 1.29 is 27.8 Å². The number of carbonyl (C=O) groups is 1. The van der Waals surface area contributed by atoms with Crippen LogP contribution in [0.25, 0.3) is 10.6 Å². The summed E-state index contributed by atoms with van der Waals surface area (Å²) in [6.45, 7) is 2.45. The lowest BCUT2D eigenvalue weighted by molar-refractivity contribution is -0.286. The molecule has 0 fully saturated rings. The number of ether oxygens (including phenoxy) is 3. The maximum absolute atomic E-state index is 13.1. The molecule has 6 nitrogen and oxygen atoms in total. The van der Waals surface area contributed by atoms with Crippen molar-refractivity contribution in [2.75, 3.05) is 11.9 Å². The minimum Gasteiger partial charge on any atom is -0.493 e. The molecule has 0 atom stereocenters. The Kier molecular flexibility index (Phi) is 5.06. The fourth-order valence-corrected chi connectivity index (χ4v) is 3.68. The van der Waals surface area contributed by atoms with E-state index in [0.717, 1.165) is 16.3 Å². The average Bonchev–Trinajstić information content (AvgIpc) is 3.24. The number of thiazole rings is 1. The van der Waals surface area contributed by atoms with E-state index in [4.69, 9.17) is 4.74 Å². The molecule has 1 aliphatic rings. The van der Waals surface area contributed by atoms with E-state index in [0.29, 0.717) is 18.0 Å². The number of nitrogens with zero attached hydrogens (tertiary/aromatic N) is 1. The summed E-state index contributed by atoms with van der Waals surface area (Å²) in [6.07, 6.45) is -3.66. The minimum atomic E-state index is -3.69. The highest BCUT2D eigenvalue weighted by molar-refractivity contribution is 7.13. The smallest absolute Gasteiger partial charge is 0.493 e. The molecule has 0 bridgehead atoms. The van der Waals surface area contributed by atoms with Crippen molar-refractivity contribution >= 4 is 22.9 Å². The third kappa shape index (κ3) is 4.29. The van der Waals surface area contributed by atoms with E-state index in [9.17, 15) is 13.6 Å². The molecule has 9 heteroatoms. The van der Waals surface area contributed by atoms with Gasteiger partial charge in [0.25, 0.3) is 0 Å². The van der Waals surface area contributed by atoms with E-state index < -0.39 is 6.29 Å². The second-order valence-corrected chi connectivity index (χ2v) is 6.99. The molecule has 0 spiro atoms. The molecule has 1 aromatic heterocycles. The van der Waals surface area contributed by atoms with Crippen LogP contribution in [0.2, 0.25) is 0 Å². The van der Waals surface area contributed by atoms with Crippen LogP contribution in [-0.4, -0.2) is 23.8 Å². The molecule has 0 radical (unpaired) electrons. The number of anilines is 1. The van der Waals surface area contributed by atoms with Gasteiger partial charge in [-0.1, -0.05) is 12.1 Å². The van der Waals surface area contributed by atoms with Crippen molar-refractivity contribution in [3.05, 3.63) is 53.5 Å². The van der Waals surface area contributed by atoms with Crippen molar-refractivity contribution in [2.24, 2.45) is 0 Å². The van der Waals surface area contributed by atoms with E-state index in [-0.39, 0.29) is 23.8 Å². The number of aromatic nitrogens is 1. The molecule has 0 saturated heterocycles. The Morgan fingerprint density at radius 3 is 2.83 bits per heavy atom. The lowest BCUT2D eigenvalue weighted by Gasteiger charge is -2.07. The first-order valence-electron chi connectivity index (χ1n) is 8.80. The number of nitrogens with one attached hydrogen (secondary N) is 1. The molecule has 2 heterocycles. The second kappa shape index (κ2) is 7.67. The highest BCUT2D eigenvalue weighted by atomic mass is 32.1. The zero-order valence-electron chi connectivity index (χ0n) is 15.3. The zero-order chi connectivity index (χ0) is 20.4. The number of amides is 1. The molecular weight excluding hydrogens is 402 g/mol. The van der Waals surface area contributed by atoms with Crippen LogP contribution in [0, 0.1) is 0 Å². The van der Waals surface area contributed by atoms with Crippen LogP contribution in [-0.2, 0) is 11.2 Å². The van der Waals surface area contributed by atoms with Crippen LogP contribution in [0.3, 0.4) is 0 Å². The number of para-hydroxylation sites is 1. The second-order valence-electron chi connectivity index (χ2n) is 6.13. The first-order chi connectivity index (χ1) is 13.9. The molecule has 3 aromatic rings. The number of hydrogen-bond donors (Lipinski definition) is 1. The van der Waals surface area contributed by atoms with Crippen LogP contribution >= 0.6 is 11.3 Å². The Balaban J connectivity index is 1.43. The van der Waals surface area contributed by atoms with Crippen molar-refractivity contribution in [2.45, 2.75) is 19.6 Å². The number of fused-ring (bicyclic) bond motifs is 1. The van der Waals surface area contributed by atoms with Gasteiger partial charge >= 0.3 is 6.29 Å². The van der Waals surface area contributed by atoms with Crippen LogP contribution in [0.15, 0.2) is 47.8 Å². The zero-order valence-corrected chi connectivity index (χ0v) is 16.1. The molecule has 0 aliphatic carbocycles. The average molecular weight is 418 g/mol. The number of hydrogen-bond acceptors (Lipinski definition) is 6. The molecule has 1 amide bonds. The quantitative estimate of drug-likeness (QED) is 0.628. The Morgan fingerprint density at radius 2 is 2.00 bits per heavy atom. The highest BCUT2D eigenvalue weighted by Crippen LogP contribution is 2.42. The van der Waals surface area contributed by atoms with Gasteiger partial charge in [-0.2, -0.15) is 0 Å². The van der Waals surface area contributed by atoms with Gasteiger partial charge in [0.1, 0.15) is 10.8 Å². The third-order valence-electron chi connectivity index (χ3n) is 4.00. The van der Waals surface area contributed by atoms with Crippen LogP contribution in [0.5, 0.6) is 17.2 Å². The number of benzene rings is 2. The molecule has 150 valence electrons. The summed E-state index contributed by atoms with van der Waals surface area (Å²) in [5.74, 6) is 0.199. The fraction of sp³-hybridized carbons (Fsp3) is 0.200. The van der Waals surface area contributed by atoms with E-state index in [1.807, 2.05) is 31.2 Å². The number of carbonyl (C=O) groups excluding carboxylic acids is 1. The van der Waals surface area contributed by atoms with Crippen LogP contribution in [0.4, 0.5) is 14.5 Å². The van der Waals surface area contributed by atoms with Gasteiger partial charge in [0, 0.05) is 17.1 Å². The lowest BCUT2D eigenvalue weighted by atomic mass is 10.2. The maximum Gasteiger partial charge on any atom is 0.586 e. The van der Waals surface area contributed by atoms with Crippen molar-refractivity contribution in [1.82, 2.24) is 4.98 Å². The van der Waals surface area contributed by atoms with E-state index in [1.54, 1.807) is 5.38 Å². The summed E-state index contributed by atoms with van der Waals surface area (Å²) in [7, 11) is 0. The summed E-state index contributed by atoms with van der Waals surface area (Å²) in [5.41, 5.74) is 1.79. The summed E-state index contributed by atoms with van der Waals surface area (Å²) in [4.78, 5) is 16.8. The first kappa shape index (κ1) is 19.1. The van der Waals surface area contributed by atoms with Gasteiger partial charge in [-0.05, 0) is 31.2 Å². The van der Waals surface area contributed by atoms with Gasteiger partial charge in [0.2, 0.25) is 5.91 Å². The summed E-state index contributed by atoms with van der Waals surface area (Å²) in [5, 5.41) is 5.20. The molecule has 1 N–H and O–H groups in total. The Labute approximate surface area is 169 Å². The topological polar surface area (TPSA) is 69.7 Å². The van der Waals surface area contributed by atoms with Gasteiger partial charge in [0.05, 0.1) is 24.3 Å². The largest absolute Gasteiger partial charge is 0.586 e. The molecule has 0 saturated carbocycles. The molecule has 4 rings (SSSR count). The molecule has 0 unspecified atom stereocenters. The Bertz CT molecular complexity index is 1050. The molecule has 1 aliphatic heterocycles. The van der Waals surface area contributed by atoms with E-state index in [1.165, 1.54) is 29.5 Å². The van der Waals surface area contributed by atoms with Gasteiger partial charge in [-0.25, -0.2) is 4.98 Å². The molecule has 2 aromatic carbocycles. The summed E-state index contributed by atoms with van der Waals surface area (Å²) < 4.78 is 40.5. The predicted molar refractivity (Wildman–Crippen MR) is 104 cm³/mol. The predicted octanol–water partition coefficient (Wildman–Crippen LogP) is 4.71. The van der Waals surface area contributed by atoms with Crippen molar-refractivity contribution in [3.63, 3.8) is 0 Å². The molecule has 29 heavy (non-hydrogen) atoms. The summed E-state index contributed by atoms with van der Waals surface area (Å²) in [6, 6.07) is 11.6. The van der Waals surface area contributed by atoms with E-state index in [2.05, 4.69) is 19.8 Å². The normalized spacial score (nSPS) is 13.9. The third-order valence-corrected chi connectivity index (χ3v) is 4.92. The minimum absolute atomic E-state index is 0.0396. The van der Waals surface area contributed by atoms with Crippen LogP contribution < -0.4 is 19.5 Å².